The number of pyridine rings is 1. The normalized spacial score (nSPS) is 11.6. The molecule has 0 fully saturated rings. The molecule has 0 spiro atoms. The molecule has 0 aliphatic carbocycles. The number of alkyl halides is 3. The first-order valence-corrected chi connectivity index (χ1v) is 12.6. The molecule has 0 bridgehead atoms. The standard InChI is InChI=1S/C23H21F3N6O2S2/c1-34-10-4-9-28-21(33)18-13-35-19(29-18)14-36-22-31-30-20(15-5-3-8-27-12-15)32(22)17-7-2-6-16(11-17)23(24,25)26/h2-3,5-8,11-13H,4,9-10,14H2,1H3,(H,28,33). The van der Waals surface area contributed by atoms with E-state index in [-0.39, 0.29) is 11.6 Å². The number of thioether (sulfide) groups is 1. The van der Waals surface area contributed by atoms with E-state index in [9.17, 15) is 18.0 Å². The first kappa shape index (κ1) is 25.8. The lowest BCUT2D eigenvalue weighted by molar-refractivity contribution is -0.137. The van der Waals surface area contributed by atoms with Gasteiger partial charge >= 0.3 is 6.18 Å². The Bertz CT molecular complexity index is 1310. The summed E-state index contributed by atoms with van der Waals surface area (Å²) in [6, 6.07) is 8.46. The Morgan fingerprint density at radius 1 is 1.22 bits per heavy atom. The molecule has 3 heterocycles. The first-order chi connectivity index (χ1) is 17.4. The van der Waals surface area contributed by atoms with Crippen LogP contribution < -0.4 is 5.32 Å². The Morgan fingerprint density at radius 3 is 2.83 bits per heavy atom. The number of carbonyl (C=O) groups excluding carboxylic acids is 1. The van der Waals surface area contributed by atoms with Crippen LogP contribution in [0.3, 0.4) is 0 Å². The van der Waals surface area contributed by atoms with Gasteiger partial charge in [0, 0.05) is 43.6 Å². The third-order valence-corrected chi connectivity index (χ3v) is 6.88. The number of halogens is 3. The van der Waals surface area contributed by atoms with Crippen LogP contribution in [0, 0.1) is 0 Å². The molecule has 36 heavy (non-hydrogen) atoms. The Balaban J connectivity index is 1.57. The maximum Gasteiger partial charge on any atom is 0.416 e. The number of carbonyl (C=O) groups is 1. The van der Waals surface area contributed by atoms with Crippen molar-refractivity contribution < 1.29 is 22.7 Å². The molecular weight excluding hydrogens is 513 g/mol. The molecule has 1 amide bonds. The number of aromatic nitrogens is 5. The van der Waals surface area contributed by atoms with Crippen LogP contribution in [0.25, 0.3) is 17.1 Å². The average molecular weight is 535 g/mol. The summed E-state index contributed by atoms with van der Waals surface area (Å²) in [5.74, 6) is 0.441. The summed E-state index contributed by atoms with van der Waals surface area (Å²) < 4.78 is 46.7. The number of rotatable bonds is 10. The molecule has 0 saturated carbocycles. The number of nitrogens with zero attached hydrogens (tertiary/aromatic N) is 5. The van der Waals surface area contributed by atoms with Crippen LogP contribution in [0.2, 0.25) is 0 Å². The van der Waals surface area contributed by atoms with Crippen molar-refractivity contribution in [2.45, 2.75) is 23.5 Å². The van der Waals surface area contributed by atoms with Gasteiger partial charge in [-0.2, -0.15) is 13.2 Å². The predicted octanol–water partition coefficient (Wildman–Crippen LogP) is 4.86. The number of amides is 1. The van der Waals surface area contributed by atoms with Crippen LogP contribution in [-0.2, 0) is 16.7 Å². The number of hydrogen-bond donors (Lipinski definition) is 1. The second-order valence-corrected chi connectivity index (χ2v) is 9.33. The second-order valence-electron chi connectivity index (χ2n) is 7.45. The van der Waals surface area contributed by atoms with Crippen LogP contribution in [0.4, 0.5) is 13.2 Å². The monoisotopic (exact) mass is 534 g/mol. The summed E-state index contributed by atoms with van der Waals surface area (Å²) >= 11 is 2.58. The van der Waals surface area contributed by atoms with E-state index in [0.29, 0.717) is 52.6 Å². The minimum Gasteiger partial charge on any atom is -0.385 e. The van der Waals surface area contributed by atoms with Crippen molar-refractivity contribution in [3.05, 3.63) is 70.4 Å². The van der Waals surface area contributed by atoms with E-state index in [1.807, 2.05) is 0 Å². The lowest BCUT2D eigenvalue weighted by Crippen LogP contribution is -2.25. The van der Waals surface area contributed by atoms with E-state index in [4.69, 9.17) is 4.74 Å². The quantitative estimate of drug-likeness (QED) is 0.229. The van der Waals surface area contributed by atoms with Crippen LogP contribution in [0.5, 0.6) is 0 Å². The van der Waals surface area contributed by atoms with Crippen molar-refractivity contribution in [3.8, 4) is 17.1 Å². The molecule has 1 aromatic carbocycles. The summed E-state index contributed by atoms with van der Waals surface area (Å²) in [6.07, 6.45) is -0.633. The number of nitrogens with one attached hydrogen (secondary N) is 1. The second kappa shape index (κ2) is 11.6. The highest BCUT2D eigenvalue weighted by atomic mass is 32.2. The fourth-order valence-corrected chi connectivity index (χ4v) is 4.96. The zero-order chi connectivity index (χ0) is 25.5. The molecular formula is C23H21F3N6O2S2. The lowest BCUT2D eigenvalue weighted by Gasteiger charge is -2.13. The van der Waals surface area contributed by atoms with Crippen molar-refractivity contribution in [1.29, 1.82) is 0 Å². The summed E-state index contributed by atoms with van der Waals surface area (Å²) in [5.41, 5.74) is 0.411. The van der Waals surface area contributed by atoms with Crippen LogP contribution in [0.1, 0.15) is 27.5 Å². The third-order valence-electron chi connectivity index (χ3n) is 4.90. The number of hydrogen-bond acceptors (Lipinski definition) is 8. The van der Waals surface area contributed by atoms with Crippen molar-refractivity contribution in [3.63, 3.8) is 0 Å². The summed E-state index contributed by atoms with van der Waals surface area (Å²) in [6.45, 7) is 1.03. The van der Waals surface area contributed by atoms with Gasteiger partial charge in [-0.1, -0.05) is 17.8 Å². The number of ether oxygens (including phenoxy) is 1. The molecule has 0 unspecified atom stereocenters. The van der Waals surface area contributed by atoms with E-state index in [1.165, 1.54) is 29.2 Å². The van der Waals surface area contributed by atoms with Gasteiger partial charge in [-0.15, -0.1) is 21.5 Å². The summed E-state index contributed by atoms with van der Waals surface area (Å²) in [4.78, 5) is 20.7. The molecule has 188 valence electrons. The largest absolute Gasteiger partial charge is 0.416 e. The van der Waals surface area contributed by atoms with Gasteiger partial charge in [-0.25, -0.2) is 4.98 Å². The Labute approximate surface area is 213 Å². The molecule has 0 aliphatic heterocycles. The van der Waals surface area contributed by atoms with E-state index in [1.54, 1.807) is 47.6 Å². The summed E-state index contributed by atoms with van der Waals surface area (Å²) in [7, 11) is 1.60. The van der Waals surface area contributed by atoms with Gasteiger partial charge in [0.25, 0.3) is 5.91 Å². The maximum absolute atomic E-state index is 13.4. The third kappa shape index (κ3) is 6.28. The van der Waals surface area contributed by atoms with Gasteiger partial charge < -0.3 is 10.1 Å². The molecule has 13 heteroatoms. The first-order valence-electron chi connectivity index (χ1n) is 10.7. The van der Waals surface area contributed by atoms with Gasteiger partial charge in [0.1, 0.15) is 10.7 Å². The highest BCUT2D eigenvalue weighted by molar-refractivity contribution is 7.98. The lowest BCUT2D eigenvalue weighted by atomic mass is 10.2. The van der Waals surface area contributed by atoms with Gasteiger partial charge in [-0.05, 0) is 36.8 Å². The van der Waals surface area contributed by atoms with Gasteiger partial charge in [0.05, 0.1) is 17.0 Å². The number of benzene rings is 1. The Kier molecular flexibility index (Phi) is 8.33. The molecule has 0 saturated heterocycles. The zero-order valence-electron chi connectivity index (χ0n) is 19.0. The molecule has 0 atom stereocenters. The van der Waals surface area contributed by atoms with Gasteiger partial charge in [0.15, 0.2) is 11.0 Å². The zero-order valence-corrected chi connectivity index (χ0v) is 20.7. The molecule has 3 aromatic heterocycles. The van der Waals surface area contributed by atoms with E-state index in [2.05, 4.69) is 25.5 Å². The SMILES string of the molecule is COCCCNC(=O)c1csc(CSc2nnc(-c3cccnc3)n2-c2cccc(C(F)(F)F)c2)n1. The molecule has 4 aromatic rings. The molecule has 4 rings (SSSR count). The Morgan fingerprint density at radius 2 is 2.08 bits per heavy atom. The van der Waals surface area contributed by atoms with Crippen molar-refractivity contribution in [2.24, 2.45) is 0 Å². The molecule has 8 nitrogen and oxygen atoms in total. The summed E-state index contributed by atoms with van der Waals surface area (Å²) in [5, 5.41) is 14.0. The highest BCUT2D eigenvalue weighted by Gasteiger charge is 2.31. The van der Waals surface area contributed by atoms with Crippen molar-refractivity contribution >= 4 is 29.0 Å². The molecule has 0 aliphatic rings. The van der Waals surface area contributed by atoms with Crippen molar-refractivity contribution in [1.82, 2.24) is 30.0 Å². The fourth-order valence-electron chi connectivity index (χ4n) is 3.22. The molecule has 1 N–H and O–H groups in total. The average Bonchev–Trinajstić information content (AvgIpc) is 3.53. The van der Waals surface area contributed by atoms with E-state index < -0.39 is 11.7 Å². The Hall–Kier alpha value is -3.29. The smallest absolute Gasteiger partial charge is 0.385 e. The van der Waals surface area contributed by atoms with E-state index >= 15 is 0 Å². The van der Waals surface area contributed by atoms with Crippen LogP contribution >= 0.6 is 23.1 Å². The fraction of sp³-hybridized carbons (Fsp3) is 0.261. The van der Waals surface area contributed by atoms with Crippen LogP contribution in [-0.4, -0.2) is 50.9 Å². The van der Waals surface area contributed by atoms with Gasteiger partial charge in [0.2, 0.25) is 0 Å². The predicted molar refractivity (Wildman–Crippen MR) is 130 cm³/mol. The molecule has 0 radical (unpaired) electrons. The van der Waals surface area contributed by atoms with Crippen LogP contribution in [0.15, 0.2) is 59.3 Å². The minimum atomic E-state index is -4.49. The maximum atomic E-state index is 13.4. The van der Waals surface area contributed by atoms with Crippen molar-refractivity contribution in [2.75, 3.05) is 20.3 Å². The number of thiazole rings is 1. The highest BCUT2D eigenvalue weighted by Crippen LogP contribution is 2.34. The minimum absolute atomic E-state index is 0.270. The van der Waals surface area contributed by atoms with E-state index in [0.717, 1.165) is 12.1 Å². The topological polar surface area (TPSA) is 94.8 Å². The number of methoxy groups -OCH3 is 1. The van der Waals surface area contributed by atoms with Gasteiger partial charge in [-0.3, -0.25) is 14.3 Å².